The summed E-state index contributed by atoms with van der Waals surface area (Å²) in [4.78, 5) is 16.4. The molecule has 0 saturated carbocycles. The van der Waals surface area contributed by atoms with Crippen molar-refractivity contribution in [2.45, 2.75) is 19.3 Å². The van der Waals surface area contributed by atoms with Gasteiger partial charge in [-0.05, 0) is 59.5 Å². The summed E-state index contributed by atoms with van der Waals surface area (Å²) in [5, 5.41) is 10.8. The lowest BCUT2D eigenvalue weighted by molar-refractivity contribution is -0.114. The molecule has 33 heavy (non-hydrogen) atoms. The van der Waals surface area contributed by atoms with Gasteiger partial charge >= 0.3 is 0 Å². The molecule has 2 N–H and O–H groups in total. The van der Waals surface area contributed by atoms with Gasteiger partial charge in [-0.25, -0.2) is 4.98 Å². The first-order valence-corrected chi connectivity index (χ1v) is 12.2. The Morgan fingerprint density at radius 1 is 0.939 bits per heavy atom. The zero-order valence-electron chi connectivity index (χ0n) is 18.0. The molecule has 1 atom stereocenters. The molecule has 1 unspecified atom stereocenters. The Hall–Kier alpha value is -2.86. The number of nitrogens with zero attached hydrogens (tertiary/aromatic N) is 1. The molecule has 3 aromatic carbocycles. The van der Waals surface area contributed by atoms with Crippen molar-refractivity contribution in [2.24, 2.45) is 0 Å². The molecule has 0 saturated heterocycles. The predicted octanol–water partition coefficient (Wildman–Crippen LogP) is 7.24. The van der Waals surface area contributed by atoms with Gasteiger partial charge < -0.3 is 10.6 Å². The van der Waals surface area contributed by atoms with E-state index in [0.29, 0.717) is 11.6 Å². The number of aromatic nitrogens is 1. The van der Waals surface area contributed by atoms with E-state index in [-0.39, 0.29) is 11.8 Å². The van der Waals surface area contributed by atoms with Gasteiger partial charge in [-0.15, -0.1) is 11.3 Å². The van der Waals surface area contributed by atoms with Gasteiger partial charge in [0.15, 0.2) is 0 Å². The van der Waals surface area contributed by atoms with Crippen LogP contribution in [0.3, 0.4) is 0 Å². The molecule has 1 amide bonds. The topological polar surface area (TPSA) is 54.0 Å². The van der Waals surface area contributed by atoms with Crippen LogP contribution in [0.15, 0.2) is 78.3 Å². The Balaban J connectivity index is 1.64. The minimum absolute atomic E-state index is 0.0366. The van der Waals surface area contributed by atoms with Crippen LogP contribution < -0.4 is 10.6 Å². The average molecular weight is 496 g/mol. The van der Waals surface area contributed by atoms with Gasteiger partial charge in [-0.3, -0.25) is 4.79 Å². The number of rotatable bonds is 8. The molecule has 4 nitrogen and oxygen atoms in total. The minimum Gasteiger partial charge on any atom is -0.383 e. The molecule has 0 spiro atoms. The molecule has 1 aromatic heterocycles. The van der Waals surface area contributed by atoms with E-state index < -0.39 is 0 Å². The third-order valence-corrected chi connectivity index (χ3v) is 6.58. The van der Waals surface area contributed by atoms with E-state index in [0.717, 1.165) is 39.0 Å². The van der Waals surface area contributed by atoms with Crippen molar-refractivity contribution in [3.05, 3.63) is 110 Å². The summed E-state index contributed by atoms with van der Waals surface area (Å²) >= 11 is 13.7. The number of anilines is 2. The lowest BCUT2D eigenvalue weighted by Crippen LogP contribution is -2.12. The number of benzene rings is 3. The molecule has 0 fully saturated rings. The van der Waals surface area contributed by atoms with Gasteiger partial charge in [-0.1, -0.05) is 53.5 Å². The van der Waals surface area contributed by atoms with Crippen molar-refractivity contribution in [1.82, 2.24) is 4.98 Å². The highest BCUT2D eigenvalue weighted by Gasteiger charge is 2.21. The fourth-order valence-electron chi connectivity index (χ4n) is 3.69. The second-order valence-corrected chi connectivity index (χ2v) is 9.44. The highest BCUT2D eigenvalue weighted by molar-refractivity contribution is 7.09. The molecule has 4 rings (SSSR count). The van der Waals surface area contributed by atoms with Crippen molar-refractivity contribution in [1.29, 1.82) is 0 Å². The van der Waals surface area contributed by atoms with E-state index >= 15 is 0 Å². The first-order chi connectivity index (χ1) is 16.0. The Morgan fingerprint density at radius 3 is 2.24 bits per heavy atom. The fourth-order valence-corrected chi connectivity index (χ4v) is 4.73. The zero-order valence-corrected chi connectivity index (χ0v) is 20.3. The van der Waals surface area contributed by atoms with E-state index in [4.69, 9.17) is 23.2 Å². The van der Waals surface area contributed by atoms with E-state index in [9.17, 15) is 4.79 Å². The van der Waals surface area contributed by atoms with Crippen LogP contribution in [0, 0.1) is 0 Å². The molecular formula is C26H23Cl2N3OS. The Bertz CT molecular complexity index is 1210. The third kappa shape index (κ3) is 6.14. The number of hydrogen-bond donors (Lipinski definition) is 2. The second-order valence-electron chi connectivity index (χ2n) is 7.64. The number of amides is 1. The normalized spacial score (nSPS) is 11.7. The van der Waals surface area contributed by atoms with Gasteiger partial charge in [0.1, 0.15) is 5.01 Å². The predicted molar refractivity (Wildman–Crippen MR) is 139 cm³/mol. The van der Waals surface area contributed by atoms with E-state index in [2.05, 4.69) is 21.7 Å². The number of carbonyl (C=O) groups excluding carboxylic acids is 1. The summed E-state index contributed by atoms with van der Waals surface area (Å²) in [6, 6.07) is 21.8. The van der Waals surface area contributed by atoms with Gasteiger partial charge in [0.05, 0.1) is 17.3 Å². The van der Waals surface area contributed by atoms with Crippen LogP contribution in [-0.2, 0) is 11.2 Å². The highest BCUT2D eigenvalue weighted by atomic mass is 35.5. The molecule has 0 aliphatic heterocycles. The van der Waals surface area contributed by atoms with E-state index in [1.165, 1.54) is 12.5 Å². The summed E-state index contributed by atoms with van der Waals surface area (Å²) in [6.45, 7) is 2.22. The number of carbonyl (C=O) groups is 1. The lowest BCUT2D eigenvalue weighted by atomic mass is 9.91. The number of hydrogen-bond acceptors (Lipinski definition) is 4. The van der Waals surface area contributed by atoms with Gasteiger partial charge in [0.25, 0.3) is 0 Å². The third-order valence-electron chi connectivity index (χ3n) is 5.23. The average Bonchev–Trinajstić information content (AvgIpc) is 3.32. The maximum Gasteiger partial charge on any atom is 0.221 e. The molecule has 4 aromatic rings. The maximum absolute atomic E-state index is 11.8. The smallest absolute Gasteiger partial charge is 0.221 e. The summed E-state index contributed by atoms with van der Waals surface area (Å²) in [7, 11) is 0. The number of nitrogens with one attached hydrogen (secondary N) is 2. The quantitative estimate of drug-likeness (QED) is 0.270. The summed E-state index contributed by atoms with van der Waals surface area (Å²) in [6.07, 6.45) is 2.65. The van der Waals surface area contributed by atoms with Crippen molar-refractivity contribution in [3.63, 3.8) is 0 Å². The molecular weight excluding hydrogens is 473 g/mol. The number of halogens is 2. The van der Waals surface area contributed by atoms with Crippen molar-refractivity contribution < 1.29 is 4.79 Å². The van der Waals surface area contributed by atoms with Gasteiger partial charge in [0.2, 0.25) is 5.91 Å². The van der Waals surface area contributed by atoms with Gasteiger partial charge in [0, 0.05) is 35.1 Å². The molecule has 0 bridgehead atoms. The van der Waals surface area contributed by atoms with Crippen LogP contribution in [0.5, 0.6) is 0 Å². The van der Waals surface area contributed by atoms with Crippen LogP contribution in [0.4, 0.5) is 11.4 Å². The molecule has 0 radical (unpaired) electrons. The first-order valence-electron chi connectivity index (χ1n) is 10.5. The van der Waals surface area contributed by atoms with E-state index in [1.807, 2.05) is 72.2 Å². The largest absolute Gasteiger partial charge is 0.383 e. The summed E-state index contributed by atoms with van der Waals surface area (Å²) < 4.78 is 0. The van der Waals surface area contributed by atoms with Crippen LogP contribution >= 0.6 is 34.5 Å². The SMILES string of the molecule is CC(=O)Nc1ccc(C(c2ccc(Cl)cc2)c2nccs2)cc1NCCc1ccc(Cl)cc1. The molecule has 168 valence electrons. The van der Waals surface area contributed by atoms with Crippen LogP contribution in [0.25, 0.3) is 0 Å². The Morgan fingerprint density at radius 2 is 1.61 bits per heavy atom. The Labute approximate surface area is 207 Å². The second kappa shape index (κ2) is 10.8. The minimum atomic E-state index is -0.113. The highest BCUT2D eigenvalue weighted by Crippen LogP contribution is 2.36. The van der Waals surface area contributed by atoms with Crippen LogP contribution in [0.2, 0.25) is 10.0 Å². The molecule has 7 heteroatoms. The Kier molecular flexibility index (Phi) is 7.65. The molecule has 1 heterocycles. The summed E-state index contributed by atoms with van der Waals surface area (Å²) in [5.74, 6) is -0.150. The molecule has 0 aliphatic carbocycles. The lowest BCUT2D eigenvalue weighted by Gasteiger charge is -2.20. The monoisotopic (exact) mass is 495 g/mol. The van der Waals surface area contributed by atoms with Crippen molar-refractivity contribution in [3.8, 4) is 0 Å². The molecule has 0 aliphatic rings. The van der Waals surface area contributed by atoms with Crippen LogP contribution in [-0.4, -0.2) is 17.4 Å². The van der Waals surface area contributed by atoms with Crippen LogP contribution in [0.1, 0.15) is 34.5 Å². The fraction of sp³-hybridized carbons (Fsp3) is 0.154. The standard InChI is InChI=1S/C26H23Cl2N3OS/c1-17(32)31-23-11-6-20(16-24(23)29-13-12-18-2-7-21(27)8-3-18)25(26-30-14-15-33-26)19-4-9-22(28)10-5-19/h2-11,14-16,25,29H,12-13H2,1H3,(H,31,32). The number of thiazole rings is 1. The summed E-state index contributed by atoms with van der Waals surface area (Å²) in [5.41, 5.74) is 4.98. The van der Waals surface area contributed by atoms with E-state index in [1.54, 1.807) is 11.3 Å². The van der Waals surface area contributed by atoms with Crippen molar-refractivity contribution >= 4 is 51.8 Å². The van der Waals surface area contributed by atoms with Crippen molar-refractivity contribution in [2.75, 3.05) is 17.2 Å². The van der Waals surface area contributed by atoms with Gasteiger partial charge in [-0.2, -0.15) is 0 Å². The maximum atomic E-state index is 11.8. The zero-order chi connectivity index (χ0) is 23.2. The first kappa shape index (κ1) is 23.3.